The minimum absolute atomic E-state index is 0.0554. The van der Waals surface area contributed by atoms with E-state index in [0.29, 0.717) is 0 Å². The van der Waals surface area contributed by atoms with Gasteiger partial charge in [-0.25, -0.2) is 4.98 Å². The number of rotatable bonds is 7. The molecule has 0 saturated carbocycles. The fourth-order valence-corrected chi connectivity index (χ4v) is 4.40. The number of aromatic nitrogens is 1. The van der Waals surface area contributed by atoms with E-state index in [-0.39, 0.29) is 6.61 Å². The van der Waals surface area contributed by atoms with Crippen LogP contribution in [-0.2, 0) is 12.3 Å². The average molecular weight is 377 g/mol. The van der Waals surface area contributed by atoms with E-state index in [1.54, 1.807) is 23.3 Å². The zero-order chi connectivity index (χ0) is 17.9. The lowest BCUT2D eigenvalue weighted by Gasteiger charge is -2.31. The van der Waals surface area contributed by atoms with Gasteiger partial charge < -0.3 is 20.0 Å². The molecule has 134 valence electrons. The Hall–Kier alpha value is -1.70. The van der Waals surface area contributed by atoms with E-state index in [1.807, 2.05) is 27.0 Å². The van der Waals surface area contributed by atoms with Crippen molar-refractivity contribution in [2.75, 3.05) is 19.0 Å². The minimum atomic E-state index is -0.403. The van der Waals surface area contributed by atoms with Gasteiger partial charge >= 0.3 is 0 Å². The molecule has 3 rings (SSSR count). The Morgan fingerprint density at radius 2 is 2.08 bits per heavy atom. The number of aliphatic hydroxyl groups is 1. The van der Waals surface area contributed by atoms with Crippen molar-refractivity contribution in [2.45, 2.75) is 31.7 Å². The maximum absolute atomic E-state index is 9.60. The van der Waals surface area contributed by atoms with Crippen LogP contribution in [0.15, 0.2) is 36.5 Å². The van der Waals surface area contributed by atoms with E-state index in [2.05, 4.69) is 50.4 Å². The molecule has 3 N–H and O–H groups in total. The summed E-state index contributed by atoms with van der Waals surface area (Å²) in [4.78, 5) is 5.91. The lowest BCUT2D eigenvalue weighted by Crippen LogP contribution is -2.42. The predicted octanol–water partition coefficient (Wildman–Crippen LogP) is 3.51. The van der Waals surface area contributed by atoms with Gasteiger partial charge in [-0.15, -0.1) is 0 Å². The maximum atomic E-state index is 9.60. The van der Waals surface area contributed by atoms with E-state index < -0.39 is 5.54 Å². The molecule has 0 unspecified atom stereocenters. The Morgan fingerprint density at radius 1 is 1.32 bits per heavy atom. The lowest BCUT2D eigenvalue weighted by molar-refractivity contribution is 0.203. The lowest BCUT2D eigenvalue weighted by atomic mass is 10.1. The van der Waals surface area contributed by atoms with E-state index in [0.717, 1.165) is 28.8 Å². The molecule has 0 atom stereocenters. The Bertz CT molecular complexity index is 743. The van der Waals surface area contributed by atoms with Gasteiger partial charge in [0.25, 0.3) is 0 Å². The summed E-state index contributed by atoms with van der Waals surface area (Å²) in [6.45, 7) is 4.85. The van der Waals surface area contributed by atoms with Crippen LogP contribution < -0.4 is 10.6 Å². The number of fused-ring (bicyclic) bond motifs is 1. The van der Waals surface area contributed by atoms with Gasteiger partial charge in [0.2, 0.25) is 0 Å². The van der Waals surface area contributed by atoms with Gasteiger partial charge in [-0.05, 0) is 31.4 Å². The summed E-state index contributed by atoms with van der Waals surface area (Å²) in [5.74, 6) is 0.918. The molecule has 0 radical (unpaired) electrons. The topological polar surface area (TPSA) is 60.4 Å². The molecule has 0 amide bonds. The van der Waals surface area contributed by atoms with E-state index >= 15 is 0 Å². The highest BCUT2D eigenvalue weighted by Gasteiger charge is 2.26. The van der Waals surface area contributed by atoms with Crippen LogP contribution in [0.3, 0.4) is 0 Å². The quantitative estimate of drug-likeness (QED) is 0.643. The van der Waals surface area contributed by atoms with Crippen LogP contribution in [-0.4, -0.2) is 33.6 Å². The van der Waals surface area contributed by atoms with Crippen LogP contribution in [0.5, 0.6) is 0 Å². The Morgan fingerprint density at radius 3 is 2.76 bits per heavy atom. The first-order valence-corrected chi connectivity index (χ1v) is 9.99. The smallest absolute Gasteiger partial charge is 0.183 e. The first-order chi connectivity index (χ1) is 12.0. The van der Waals surface area contributed by atoms with Gasteiger partial charge in [0.15, 0.2) is 5.13 Å². The molecule has 2 heterocycles. The molecule has 0 bridgehead atoms. The van der Waals surface area contributed by atoms with Gasteiger partial charge in [-0.3, -0.25) is 0 Å². The van der Waals surface area contributed by atoms with E-state index in [1.165, 1.54) is 10.4 Å². The minimum Gasteiger partial charge on any atom is -0.394 e. The molecule has 25 heavy (non-hydrogen) atoms. The molecule has 0 aliphatic carbocycles. The van der Waals surface area contributed by atoms with Crippen molar-refractivity contribution < 1.29 is 5.11 Å². The third-order valence-electron chi connectivity index (χ3n) is 3.85. The summed E-state index contributed by atoms with van der Waals surface area (Å²) >= 11 is 3.46. The summed E-state index contributed by atoms with van der Waals surface area (Å²) in [6, 6.07) is 10.5. The fourth-order valence-electron chi connectivity index (χ4n) is 2.48. The standard InChI is InChI=1S/C18H24N4OS2/c1-18(2,12-23)21-14-9-22(24-11-13-7-5-4-6-8-13)10-15-16(14)20-17(19-3)25-15/h4-9,21,23H,10-12H2,1-3H3,(H,19,20). The molecule has 5 nitrogen and oxygen atoms in total. The molecule has 1 aliphatic heterocycles. The molecule has 1 aromatic heterocycles. The third-order valence-corrected chi connectivity index (χ3v) is 5.93. The van der Waals surface area contributed by atoms with Crippen LogP contribution >= 0.6 is 23.3 Å². The summed E-state index contributed by atoms with van der Waals surface area (Å²) in [7, 11) is 1.89. The zero-order valence-corrected chi connectivity index (χ0v) is 16.4. The van der Waals surface area contributed by atoms with Crippen LogP contribution in [0.1, 0.15) is 30.0 Å². The zero-order valence-electron chi connectivity index (χ0n) is 14.7. The van der Waals surface area contributed by atoms with Crippen LogP contribution in [0.2, 0.25) is 0 Å². The molecule has 0 fully saturated rings. The first-order valence-electron chi connectivity index (χ1n) is 8.23. The van der Waals surface area contributed by atoms with Crippen molar-refractivity contribution >= 4 is 34.1 Å². The highest BCUT2D eigenvalue weighted by atomic mass is 32.2. The summed E-state index contributed by atoms with van der Waals surface area (Å²) in [5, 5.41) is 17.1. The highest BCUT2D eigenvalue weighted by Crippen LogP contribution is 2.36. The number of thiazole rings is 1. The molecule has 1 aliphatic rings. The Labute approximate surface area is 157 Å². The number of benzene rings is 1. The van der Waals surface area contributed by atoms with Crippen molar-refractivity contribution in [1.82, 2.24) is 14.6 Å². The normalized spacial score (nSPS) is 14.1. The Kier molecular flexibility index (Phi) is 5.56. The van der Waals surface area contributed by atoms with Gasteiger partial charge in [-0.1, -0.05) is 41.7 Å². The van der Waals surface area contributed by atoms with Gasteiger partial charge in [0, 0.05) is 19.0 Å². The number of anilines is 1. The molecule has 0 saturated heterocycles. The summed E-state index contributed by atoms with van der Waals surface area (Å²) < 4.78 is 2.24. The summed E-state index contributed by atoms with van der Waals surface area (Å²) in [5.41, 5.74) is 2.84. The van der Waals surface area contributed by atoms with Crippen molar-refractivity contribution in [3.05, 3.63) is 52.7 Å². The molecule has 7 heteroatoms. The van der Waals surface area contributed by atoms with E-state index in [9.17, 15) is 5.11 Å². The molecule has 1 aromatic carbocycles. The molecule has 2 aromatic rings. The Balaban J connectivity index is 1.80. The number of hydrogen-bond donors (Lipinski definition) is 3. The average Bonchev–Trinajstić information content (AvgIpc) is 3.04. The monoisotopic (exact) mass is 376 g/mol. The third kappa shape index (κ3) is 4.48. The number of aliphatic hydroxyl groups excluding tert-OH is 1. The number of nitrogens with one attached hydrogen (secondary N) is 2. The summed E-state index contributed by atoms with van der Waals surface area (Å²) in [6.07, 6.45) is 2.10. The van der Waals surface area contributed by atoms with Crippen molar-refractivity contribution in [3.63, 3.8) is 0 Å². The van der Waals surface area contributed by atoms with Gasteiger partial charge in [0.05, 0.1) is 29.3 Å². The van der Waals surface area contributed by atoms with Crippen LogP contribution in [0, 0.1) is 0 Å². The maximum Gasteiger partial charge on any atom is 0.183 e. The second-order valence-corrected chi connectivity index (χ2v) is 8.68. The number of nitrogens with zero attached hydrogens (tertiary/aromatic N) is 2. The SMILES string of the molecule is CNc1nc2c(s1)CN(SCc1ccccc1)C=C2NC(C)(C)CO. The predicted molar refractivity (Wildman–Crippen MR) is 107 cm³/mol. The first kappa shape index (κ1) is 18.1. The second kappa shape index (κ2) is 7.68. The largest absolute Gasteiger partial charge is 0.394 e. The van der Waals surface area contributed by atoms with Crippen molar-refractivity contribution in [1.29, 1.82) is 0 Å². The molecular weight excluding hydrogens is 352 g/mol. The molecule has 0 spiro atoms. The van der Waals surface area contributed by atoms with Gasteiger partial charge in [0.1, 0.15) is 5.69 Å². The van der Waals surface area contributed by atoms with E-state index in [4.69, 9.17) is 0 Å². The van der Waals surface area contributed by atoms with Gasteiger partial charge in [-0.2, -0.15) is 0 Å². The highest BCUT2D eigenvalue weighted by molar-refractivity contribution is 7.96. The second-order valence-electron chi connectivity index (χ2n) is 6.58. The van der Waals surface area contributed by atoms with Crippen LogP contribution in [0.4, 0.5) is 5.13 Å². The molecular formula is C18H24N4OS2. The van der Waals surface area contributed by atoms with Crippen molar-refractivity contribution in [3.8, 4) is 0 Å². The van der Waals surface area contributed by atoms with Crippen LogP contribution in [0.25, 0.3) is 5.70 Å². The number of hydrogen-bond acceptors (Lipinski definition) is 7. The van der Waals surface area contributed by atoms with Crippen molar-refractivity contribution in [2.24, 2.45) is 0 Å². The fraction of sp³-hybridized carbons (Fsp3) is 0.389.